The van der Waals surface area contributed by atoms with Gasteiger partial charge >= 0.3 is 18.6 Å². The number of ether oxygens (including phenoxy) is 3. The van der Waals surface area contributed by atoms with Crippen LogP contribution in [0.4, 0.5) is 4.79 Å². The zero-order valence-electron chi connectivity index (χ0n) is 33.3. The monoisotopic (exact) mass is 821 g/mol. The van der Waals surface area contributed by atoms with Crippen LogP contribution in [-0.4, -0.2) is 59.0 Å². The number of carbonyl (C=O) groups is 2. The minimum atomic E-state index is -3.74. The second-order valence-corrected chi connectivity index (χ2v) is 17.2. The van der Waals surface area contributed by atoms with Gasteiger partial charge < -0.3 is 33.5 Å². The first-order valence-electron chi connectivity index (χ1n) is 20.4. The van der Waals surface area contributed by atoms with Gasteiger partial charge in [0, 0.05) is 38.3 Å². The SMILES string of the molecule is CCCCCCCCCCCCCCCC(=O)NCCCC/C=C/CC1[C@@H](OP(O)(=S)OC)[C@@H](COC(=O)OCc2ccccc2)O[C@H]1n1ccc(=O)[nH]c1=O. The average molecular weight is 822 g/mol. The highest BCUT2D eigenvalue weighted by Crippen LogP contribution is 2.50. The minimum absolute atomic E-state index is 0.000930. The van der Waals surface area contributed by atoms with Gasteiger partial charge in [0.15, 0.2) is 0 Å². The number of aromatic nitrogens is 2. The number of rotatable bonds is 29. The Morgan fingerprint density at radius 2 is 1.57 bits per heavy atom. The van der Waals surface area contributed by atoms with Crippen LogP contribution in [0.15, 0.2) is 64.3 Å². The Morgan fingerprint density at radius 3 is 2.21 bits per heavy atom. The van der Waals surface area contributed by atoms with Crippen molar-refractivity contribution in [3.8, 4) is 0 Å². The largest absolute Gasteiger partial charge is 0.508 e. The summed E-state index contributed by atoms with van der Waals surface area (Å²) in [6, 6.07) is 10.3. The first-order chi connectivity index (χ1) is 27.1. The van der Waals surface area contributed by atoms with Crippen LogP contribution in [0.5, 0.6) is 0 Å². The molecule has 2 unspecified atom stereocenters. The van der Waals surface area contributed by atoms with Gasteiger partial charge in [-0.3, -0.25) is 19.1 Å². The van der Waals surface area contributed by atoms with Crippen LogP contribution in [0.2, 0.25) is 0 Å². The van der Waals surface area contributed by atoms with E-state index in [1.165, 1.54) is 94.6 Å². The van der Waals surface area contributed by atoms with Crippen molar-refractivity contribution < 1.29 is 37.7 Å². The predicted molar refractivity (Wildman–Crippen MR) is 221 cm³/mol. The average Bonchev–Trinajstić information content (AvgIpc) is 3.51. The molecule has 56 heavy (non-hydrogen) atoms. The van der Waals surface area contributed by atoms with E-state index in [1.807, 2.05) is 30.4 Å². The molecule has 1 aromatic heterocycles. The van der Waals surface area contributed by atoms with Crippen molar-refractivity contribution in [1.29, 1.82) is 0 Å². The van der Waals surface area contributed by atoms with Crippen molar-refractivity contribution >= 4 is 30.6 Å². The number of hydrogen-bond donors (Lipinski definition) is 3. The van der Waals surface area contributed by atoms with E-state index >= 15 is 0 Å². The molecule has 1 aliphatic rings. The van der Waals surface area contributed by atoms with Crippen molar-refractivity contribution in [2.75, 3.05) is 20.3 Å². The van der Waals surface area contributed by atoms with Crippen molar-refractivity contribution in [2.24, 2.45) is 5.92 Å². The molecule has 1 fully saturated rings. The van der Waals surface area contributed by atoms with E-state index in [-0.39, 0.29) is 19.1 Å². The number of benzene rings is 1. The normalized spacial score (nSPS) is 19.2. The van der Waals surface area contributed by atoms with Crippen molar-refractivity contribution in [2.45, 2.75) is 148 Å². The van der Waals surface area contributed by atoms with Gasteiger partial charge in [-0.15, -0.1) is 0 Å². The van der Waals surface area contributed by atoms with Crippen molar-refractivity contribution in [3.63, 3.8) is 0 Å². The maximum absolute atomic E-state index is 12.9. The number of aromatic amines is 1. The van der Waals surface area contributed by atoms with Crippen molar-refractivity contribution in [3.05, 3.63) is 81.1 Å². The van der Waals surface area contributed by atoms with E-state index in [0.717, 1.165) is 37.7 Å². The quantitative estimate of drug-likeness (QED) is 0.0312. The topological polar surface area (TPSA) is 167 Å². The minimum Gasteiger partial charge on any atom is -0.431 e. The van der Waals surface area contributed by atoms with E-state index in [0.29, 0.717) is 19.4 Å². The second kappa shape index (κ2) is 27.5. The molecule has 0 spiro atoms. The molecule has 5 atom stereocenters. The zero-order valence-corrected chi connectivity index (χ0v) is 35.0. The third-order valence-corrected chi connectivity index (χ3v) is 11.5. The molecule has 0 aliphatic carbocycles. The molecule has 0 bridgehead atoms. The highest BCUT2D eigenvalue weighted by molar-refractivity contribution is 8.07. The molecule has 3 rings (SSSR count). The number of carbonyl (C=O) groups excluding carboxylic acids is 2. The van der Waals surface area contributed by atoms with Gasteiger partial charge in [-0.2, -0.15) is 0 Å². The van der Waals surface area contributed by atoms with Crippen LogP contribution >= 0.6 is 6.72 Å². The lowest BCUT2D eigenvalue weighted by molar-refractivity contribution is -0.121. The molecule has 0 saturated carbocycles. The molecule has 1 saturated heterocycles. The van der Waals surface area contributed by atoms with Crippen LogP contribution in [0.3, 0.4) is 0 Å². The Morgan fingerprint density at radius 1 is 0.911 bits per heavy atom. The van der Waals surface area contributed by atoms with Crippen LogP contribution in [0.1, 0.15) is 134 Å². The first-order valence-corrected chi connectivity index (χ1v) is 23.0. The fourth-order valence-electron chi connectivity index (χ4n) is 6.71. The standard InChI is InChI=1S/C41H64N3O10PS/c1-3-4-5-6-7-8-9-10-11-12-13-16-22-27-36(45)42-29-23-17-14-15-21-26-34-38(54-55(49,56)50-2)35(53-39(34)44-30-28-37(46)43-40(44)47)32-52-41(48)51-31-33-24-19-18-20-25-33/h15,18-21,24-25,28,30,34-35,38-39H,3-14,16-17,22-23,26-27,29,31-32H2,1-2H3,(H,42,45)(H,49,56)(H,43,46,47)/b21-15+/t34?,35-,38-,39-,55?/m1/s1. The Kier molecular flexibility index (Phi) is 23.2. The Balaban J connectivity index is 1.43. The molecule has 2 heterocycles. The Hall–Kier alpha value is -3.13. The lowest BCUT2D eigenvalue weighted by atomic mass is 9.95. The van der Waals surface area contributed by atoms with Gasteiger partial charge in [-0.05, 0) is 49.5 Å². The summed E-state index contributed by atoms with van der Waals surface area (Å²) in [5.41, 5.74) is -0.501. The molecule has 1 aliphatic heterocycles. The number of amides is 1. The van der Waals surface area contributed by atoms with E-state index in [4.69, 9.17) is 35.1 Å². The molecule has 1 aromatic carbocycles. The van der Waals surface area contributed by atoms with Gasteiger partial charge in [-0.25, -0.2) is 9.59 Å². The van der Waals surface area contributed by atoms with Gasteiger partial charge in [0.1, 0.15) is 31.6 Å². The van der Waals surface area contributed by atoms with Crippen LogP contribution < -0.4 is 16.6 Å². The molecule has 13 nitrogen and oxygen atoms in total. The first kappa shape index (κ1) is 47.2. The number of hydrogen-bond acceptors (Lipinski definition) is 10. The molecule has 2 aromatic rings. The van der Waals surface area contributed by atoms with Gasteiger partial charge in [0.05, 0.1) is 0 Å². The third kappa shape index (κ3) is 18.9. The molecule has 0 radical (unpaired) electrons. The van der Waals surface area contributed by atoms with Crippen molar-refractivity contribution in [1.82, 2.24) is 14.9 Å². The summed E-state index contributed by atoms with van der Waals surface area (Å²) in [6.45, 7) is -1.21. The summed E-state index contributed by atoms with van der Waals surface area (Å²) in [4.78, 5) is 62.4. The lowest BCUT2D eigenvalue weighted by Crippen LogP contribution is -2.35. The molecule has 3 N–H and O–H groups in total. The summed E-state index contributed by atoms with van der Waals surface area (Å²) in [6.07, 6.45) is 21.3. The summed E-state index contributed by atoms with van der Waals surface area (Å²) >= 11 is 5.17. The summed E-state index contributed by atoms with van der Waals surface area (Å²) < 4.78 is 29.0. The molecular formula is C41H64N3O10PS. The smallest absolute Gasteiger partial charge is 0.431 e. The predicted octanol–water partition coefficient (Wildman–Crippen LogP) is 8.37. The summed E-state index contributed by atoms with van der Waals surface area (Å²) in [5, 5.41) is 3.03. The lowest BCUT2D eigenvalue weighted by Gasteiger charge is -2.26. The van der Waals surface area contributed by atoms with E-state index in [9.17, 15) is 24.1 Å². The van der Waals surface area contributed by atoms with Crippen LogP contribution in [0.25, 0.3) is 0 Å². The fraction of sp³-hybridized carbons (Fsp3) is 0.659. The summed E-state index contributed by atoms with van der Waals surface area (Å²) in [7, 11) is 1.23. The number of unbranched alkanes of at least 4 members (excludes halogenated alkanes) is 14. The second-order valence-electron chi connectivity index (χ2n) is 14.3. The number of nitrogens with zero attached hydrogens (tertiary/aromatic N) is 1. The maximum atomic E-state index is 12.9. The van der Waals surface area contributed by atoms with Crippen LogP contribution in [0, 0.1) is 5.92 Å². The fourth-order valence-corrected chi connectivity index (χ4v) is 7.69. The molecule has 314 valence electrons. The molecular weight excluding hydrogens is 758 g/mol. The maximum Gasteiger partial charge on any atom is 0.508 e. The molecule has 1 amide bonds. The van der Waals surface area contributed by atoms with Crippen LogP contribution in [-0.2, 0) is 46.5 Å². The highest BCUT2D eigenvalue weighted by atomic mass is 32.5. The Bertz CT molecular complexity index is 1600. The van der Waals surface area contributed by atoms with Gasteiger partial charge in [0.2, 0.25) is 5.91 Å². The van der Waals surface area contributed by atoms with E-state index in [1.54, 1.807) is 12.1 Å². The van der Waals surface area contributed by atoms with E-state index in [2.05, 4.69) is 17.2 Å². The number of nitrogens with one attached hydrogen (secondary N) is 2. The van der Waals surface area contributed by atoms with E-state index < -0.39 is 48.5 Å². The third-order valence-electron chi connectivity index (χ3n) is 9.85. The Labute approximate surface area is 337 Å². The summed E-state index contributed by atoms with van der Waals surface area (Å²) in [5.74, 6) is -0.513. The molecule has 15 heteroatoms. The number of H-pyrrole nitrogens is 1. The van der Waals surface area contributed by atoms with Gasteiger partial charge in [0.25, 0.3) is 5.56 Å². The zero-order chi connectivity index (χ0) is 40.4. The highest BCUT2D eigenvalue weighted by Gasteiger charge is 2.48. The van der Waals surface area contributed by atoms with Gasteiger partial charge in [-0.1, -0.05) is 126 Å². The number of allylic oxidation sites excluding steroid dienone is 2.